The molecule has 1 aromatic heterocycles. The van der Waals surface area contributed by atoms with Gasteiger partial charge in [-0.05, 0) is 38.9 Å². The number of aliphatic hydroxyl groups is 2. The number of rotatable bonds is 8. The number of nitrogens with one attached hydrogen (secondary N) is 2. The van der Waals surface area contributed by atoms with Gasteiger partial charge in [-0.15, -0.1) is 13.2 Å². The molecule has 8 nitrogen and oxygen atoms in total. The third kappa shape index (κ3) is 5.18. The molecule has 0 spiro atoms. The number of hydrogen-bond acceptors (Lipinski definition) is 6. The van der Waals surface area contributed by atoms with Crippen LogP contribution in [0.1, 0.15) is 31.6 Å². The lowest BCUT2D eigenvalue weighted by Gasteiger charge is -2.19. The van der Waals surface area contributed by atoms with Crippen molar-refractivity contribution in [3.05, 3.63) is 32.6 Å². The summed E-state index contributed by atoms with van der Waals surface area (Å²) in [5.41, 5.74) is -0.768. The topological polar surface area (TPSA) is 117 Å². The first-order chi connectivity index (χ1) is 12.1. The maximum Gasteiger partial charge on any atom is 0.330 e. The zero-order valence-electron chi connectivity index (χ0n) is 15.6. The summed E-state index contributed by atoms with van der Waals surface area (Å²) in [5, 5.41) is 23.8. The highest BCUT2D eigenvalue weighted by atomic mass is 31.2. The van der Waals surface area contributed by atoms with Crippen LogP contribution < -0.4 is 16.6 Å². The highest BCUT2D eigenvalue weighted by Gasteiger charge is 2.43. The Hall–Kier alpha value is -1.18. The molecule has 26 heavy (non-hydrogen) atoms. The van der Waals surface area contributed by atoms with Crippen LogP contribution in [0.2, 0.25) is 0 Å². The molecule has 1 unspecified atom stereocenters. The number of H-pyrrole nitrogens is 1. The summed E-state index contributed by atoms with van der Waals surface area (Å²) in [6.07, 6.45) is 3.87. The van der Waals surface area contributed by atoms with Gasteiger partial charge < -0.3 is 20.3 Å². The maximum absolute atomic E-state index is 12.2. The molecule has 1 aliphatic rings. The van der Waals surface area contributed by atoms with Crippen LogP contribution in [-0.4, -0.2) is 70.4 Å². The molecule has 2 heterocycles. The molecule has 0 saturated carbocycles. The molecule has 0 amide bonds. The summed E-state index contributed by atoms with van der Waals surface area (Å²) < 4.78 is 6.93. The Balaban J connectivity index is 2.21. The van der Waals surface area contributed by atoms with E-state index in [0.717, 1.165) is 23.7 Å². The van der Waals surface area contributed by atoms with Gasteiger partial charge in [-0.2, -0.15) is 0 Å². The van der Waals surface area contributed by atoms with Gasteiger partial charge in [0.25, 0.3) is 5.56 Å². The monoisotopic (exact) mass is 387 g/mol. The molecule has 4 N–H and O–H groups in total. The number of aliphatic hydroxyl groups excluding tert-OH is 2. The van der Waals surface area contributed by atoms with Crippen LogP contribution in [0.15, 0.2) is 15.8 Å². The van der Waals surface area contributed by atoms with E-state index < -0.39 is 42.7 Å². The minimum absolute atomic E-state index is 0.304. The standard InChI is InChI=1S/C17H30N3O5P/c1-5-7-18-9-11-10-20(17(24)19-15(11)23)16-14(22)13(21)12(25-16)6-8-26(2,3)4/h10,12-14,16,18,21-22H,2,5-9H2,1,3-4H3,(H,19,23,24)/t12-,13-,14-,16?/m1/s1. The predicted octanol–water partition coefficient (Wildman–Crippen LogP) is -0.245. The number of aromatic amines is 1. The molecule has 1 saturated heterocycles. The van der Waals surface area contributed by atoms with Crippen molar-refractivity contribution >= 4 is 13.2 Å². The van der Waals surface area contributed by atoms with Crippen molar-refractivity contribution in [2.45, 2.75) is 50.8 Å². The first kappa shape index (κ1) is 21.1. The lowest BCUT2D eigenvalue weighted by molar-refractivity contribution is -0.0404. The Morgan fingerprint density at radius 3 is 2.65 bits per heavy atom. The molecule has 0 bridgehead atoms. The van der Waals surface area contributed by atoms with Crippen LogP contribution in [0.5, 0.6) is 0 Å². The molecule has 0 aliphatic carbocycles. The van der Waals surface area contributed by atoms with Gasteiger partial charge in [0.2, 0.25) is 0 Å². The van der Waals surface area contributed by atoms with Crippen LogP contribution in [0.4, 0.5) is 0 Å². The van der Waals surface area contributed by atoms with Crippen LogP contribution in [0.3, 0.4) is 0 Å². The van der Waals surface area contributed by atoms with Gasteiger partial charge in [0.05, 0.1) is 6.10 Å². The molecule has 1 aromatic rings. The fraction of sp³-hybridized carbons (Fsp3) is 0.706. The van der Waals surface area contributed by atoms with Gasteiger partial charge in [0, 0.05) is 18.3 Å². The summed E-state index contributed by atoms with van der Waals surface area (Å²) in [7, 11) is 0. The van der Waals surface area contributed by atoms with Gasteiger partial charge in [0.15, 0.2) is 6.23 Å². The van der Waals surface area contributed by atoms with E-state index in [9.17, 15) is 19.8 Å². The average Bonchev–Trinajstić information content (AvgIpc) is 2.83. The second-order valence-corrected chi connectivity index (χ2v) is 11.8. The summed E-state index contributed by atoms with van der Waals surface area (Å²) in [4.78, 5) is 26.4. The second-order valence-electron chi connectivity index (χ2n) is 7.49. The van der Waals surface area contributed by atoms with Crippen LogP contribution >= 0.6 is 6.89 Å². The van der Waals surface area contributed by atoms with E-state index in [0.29, 0.717) is 18.5 Å². The van der Waals surface area contributed by atoms with E-state index >= 15 is 0 Å². The average molecular weight is 387 g/mol. The first-order valence-electron chi connectivity index (χ1n) is 8.88. The van der Waals surface area contributed by atoms with Gasteiger partial charge in [-0.25, -0.2) is 4.79 Å². The molecule has 1 fully saturated rings. The Labute approximate surface area is 153 Å². The van der Waals surface area contributed by atoms with E-state index in [1.54, 1.807) is 0 Å². The minimum atomic E-state index is -1.29. The number of nitrogens with zero attached hydrogens (tertiary/aromatic N) is 1. The quantitative estimate of drug-likeness (QED) is 0.361. The second kappa shape index (κ2) is 8.67. The fourth-order valence-corrected chi connectivity index (χ4v) is 3.87. The van der Waals surface area contributed by atoms with E-state index in [1.807, 2.05) is 6.92 Å². The molecule has 1 aliphatic heterocycles. The molecule has 148 valence electrons. The van der Waals surface area contributed by atoms with Crippen molar-refractivity contribution in [1.82, 2.24) is 14.9 Å². The Morgan fingerprint density at radius 2 is 2.04 bits per heavy atom. The van der Waals surface area contributed by atoms with Crippen LogP contribution in [0.25, 0.3) is 0 Å². The first-order valence-corrected chi connectivity index (χ1v) is 11.9. The molecule has 2 rings (SSSR count). The molecular weight excluding hydrogens is 357 g/mol. The summed E-state index contributed by atoms with van der Waals surface area (Å²) >= 11 is 0. The summed E-state index contributed by atoms with van der Waals surface area (Å²) in [6, 6.07) is 0. The van der Waals surface area contributed by atoms with Crippen LogP contribution in [-0.2, 0) is 11.3 Å². The summed E-state index contributed by atoms with van der Waals surface area (Å²) in [5.74, 6) is 0. The Bertz CT molecular complexity index is 768. The number of ether oxygens (including phenoxy) is 1. The Morgan fingerprint density at radius 1 is 1.35 bits per heavy atom. The highest BCUT2D eigenvalue weighted by molar-refractivity contribution is 7.72. The fourth-order valence-electron chi connectivity index (χ4n) is 2.92. The van der Waals surface area contributed by atoms with E-state index in [-0.39, 0.29) is 0 Å². The van der Waals surface area contributed by atoms with Crippen molar-refractivity contribution in [3.63, 3.8) is 0 Å². The SMILES string of the molecule is C=P(C)(C)CC[C@H]1OC(n2cc(CNCCC)c(=O)[nH]c2=O)[C@H](O)[C@@H]1O. The molecule has 9 heteroatoms. The molecule has 0 radical (unpaired) electrons. The molecule has 0 aromatic carbocycles. The predicted molar refractivity (Wildman–Crippen MR) is 105 cm³/mol. The van der Waals surface area contributed by atoms with Gasteiger partial charge in [0.1, 0.15) is 12.2 Å². The normalized spacial score (nSPS) is 26.3. The summed E-state index contributed by atoms with van der Waals surface area (Å²) in [6.45, 7) is 5.94. The van der Waals surface area contributed by atoms with Crippen molar-refractivity contribution in [1.29, 1.82) is 0 Å². The van der Waals surface area contributed by atoms with Crippen molar-refractivity contribution in [2.75, 3.05) is 26.0 Å². The van der Waals surface area contributed by atoms with Crippen molar-refractivity contribution in [3.8, 4) is 0 Å². The number of hydrogen-bond donors (Lipinski definition) is 4. The lowest BCUT2D eigenvalue weighted by atomic mass is 10.1. The zero-order chi connectivity index (χ0) is 19.5. The minimum Gasteiger partial charge on any atom is -0.388 e. The Kier molecular flexibility index (Phi) is 7.05. The molecular formula is C17H30N3O5P. The third-order valence-corrected chi connectivity index (χ3v) is 5.88. The number of aromatic nitrogens is 2. The van der Waals surface area contributed by atoms with Crippen molar-refractivity contribution < 1.29 is 14.9 Å². The third-order valence-electron chi connectivity index (χ3n) is 4.41. The van der Waals surface area contributed by atoms with Gasteiger partial charge in [-0.3, -0.25) is 14.3 Å². The smallest absolute Gasteiger partial charge is 0.330 e. The maximum atomic E-state index is 12.2. The largest absolute Gasteiger partial charge is 0.388 e. The lowest BCUT2D eigenvalue weighted by Crippen LogP contribution is -2.39. The van der Waals surface area contributed by atoms with Crippen molar-refractivity contribution in [2.24, 2.45) is 0 Å². The highest BCUT2D eigenvalue weighted by Crippen LogP contribution is 2.39. The van der Waals surface area contributed by atoms with E-state index in [2.05, 4.69) is 29.9 Å². The van der Waals surface area contributed by atoms with E-state index in [1.165, 1.54) is 6.20 Å². The van der Waals surface area contributed by atoms with Gasteiger partial charge >= 0.3 is 5.69 Å². The molecule has 4 atom stereocenters. The zero-order valence-corrected chi connectivity index (χ0v) is 16.5. The van der Waals surface area contributed by atoms with E-state index in [4.69, 9.17) is 4.74 Å². The van der Waals surface area contributed by atoms with Gasteiger partial charge in [-0.1, -0.05) is 6.92 Å². The van der Waals surface area contributed by atoms with Crippen LogP contribution in [0, 0.1) is 0 Å².